The topological polar surface area (TPSA) is 55.8 Å². The molecule has 0 aromatic carbocycles. The van der Waals surface area contributed by atoms with Crippen LogP contribution >= 0.6 is 0 Å². The molecule has 2 heterocycles. The SMILES string of the molecule is O=C1OC2CC3CC2C1C3C(=O)N1CCOCC1. The van der Waals surface area contributed by atoms with E-state index < -0.39 is 0 Å². The second-order valence-corrected chi connectivity index (χ2v) is 5.86. The van der Waals surface area contributed by atoms with Crippen LogP contribution in [0.4, 0.5) is 0 Å². The maximum atomic E-state index is 12.6. The molecule has 0 spiro atoms. The minimum absolute atomic E-state index is 0.112. The summed E-state index contributed by atoms with van der Waals surface area (Å²) in [6.45, 7) is 2.56. The standard InChI is InChI=1S/C13H17NO4/c15-12(14-1-3-17-4-2-14)10-7-5-8-9(6-7)18-13(16)11(8)10/h7-11H,1-6H2. The van der Waals surface area contributed by atoms with Crippen LogP contribution in [0.2, 0.25) is 0 Å². The van der Waals surface area contributed by atoms with Crippen molar-refractivity contribution in [1.82, 2.24) is 4.90 Å². The second-order valence-electron chi connectivity index (χ2n) is 5.86. The third-order valence-electron chi connectivity index (χ3n) is 5.09. The van der Waals surface area contributed by atoms with Gasteiger partial charge in [-0.15, -0.1) is 0 Å². The second kappa shape index (κ2) is 3.70. The lowest BCUT2D eigenvalue weighted by Crippen LogP contribution is -2.47. The van der Waals surface area contributed by atoms with Gasteiger partial charge in [0.15, 0.2) is 0 Å². The lowest BCUT2D eigenvalue weighted by Gasteiger charge is -2.33. The largest absolute Gasteiger partial charge is 0.462 e. The summed E-state index contributed by atoms with van der Waals surface area (Å²) < 4.78 is 10.6. The van der Waals surface area contributed by atoms with Crippen molar-refractivity contribution in [3.8, 4) is 0 Å². The Morgan fingerprint density at radius 2 is 2.00 bits per heavy atom. The van der Waals surface area contributed by atoms with Gasteiger partial charge < -0.3 is 14.4 Å². The number of morpholine rings is 1. The molecule has 4 aliphatic rings. The van der Waals surface area contributed by atoms with Crippen LogP contribution in [0, 0.1) is 23.7 Å². The van der Waals surface area contributed by atoms with Gasteiger partial charge in [-0.1, -0.05) is 0 Å². The minimum atomic E-state index is -0.149. The fraction of sp³-hybridized carbons (Fsp3) is 0.846. The number of nitrogens with zero attached hydrogens (tertiary/aromatic N) is 1. The highest BCUT2D eigenvalue weighted by atomic mass is 16.6. The normalized spacial score (nSPS) is 45.4. The van der Waals surface area contributed by atoms with Gasteiger partial charge in [0.25, 0.3) is 0 Å². The van der Waals surface area contributed by atoms with E-state index in [2.05, 4.69) is 0 Å². The van der Waals surface area contributed by atoms with Gasteiger partial charge in [0.05, 0.1) is 25.0 Å². The Bertz CT molecular complexity index is 402. The van der Waals surface area contributed by atoms with Crippen molar-refractivity contribution < 1.29 is 19.1 Å². The number of hydrogen-bond acceptors (Lipinski definition) is 4. The van der Waals surface area contributed by atoms with E-state index in [1.165, 1.54) is 0 Å². The van der Waals surface area contributed by atoms with Crippen molar-refractivity contribution in [3.05, 3.63) is 0 Å². The molecule has 4 rings (SSSR count). The summed E-state index contributed by atoms with van der Waals surface area (Å²) in [4.78, 5) is 26.3. The molecule has 0 N–H and O–H groups in total. The van der Waals surface area contributed by atoms with Gasteiger partial charge in [-0.05, 0) is 18.8 Å². The van der Waals surface area contributed by atoms with Crippen LogP contribution in [0.1, 0.15) is 12.8 Å². The quantitative estimate of drug-likeness (QED) is 0.618. The number of amides is 1. The number of fused-ring (bicyclic) bond motifs is 1. The number of hydrogen-bond donors (Lipinski definition) is 0. The number of esters is 1. The van der Waals surface area contributed by atoms with Crippen molar-refractivity contribution in [2.24, 2.45) is 23.7 Å². The first kappa shape index (κ1) is 10.8. The summed E-state index contributed by atoms with van der Waals surface area (Å²) in [5.41, 5.74) is 0. The average Bonchev–Trinajstić information content (AvgIpc) is 3.00. The molecule has 4 fully saturated rings. The van der Waals surface area contributed by atoms with Crippen molar-refractivity contribution in [2.75, 3.05) is 26.3 Å². The number of ether oxygens (including phenoxy) is 2. The first-order chi connectivity index (χ1) is 8.75. The molecule has 0 aromatic heterocycles. The Morgan fingerprint density at radius 3 is 2.78 bits per heavy atom. The van der Waals surface area contributed by atoms with E-state index in [0.29, 0.717) is 38.1 Å². The van der Waals surface area contributed by atoms with Crippen LogP contribution in [0.25, 0.3) is 0 Å². The van der Waals surface area contributed by atoms with Gasteiger partial charge in [-0.25, -0.2) is 0 Å². The third kappa shape index (κ3) is 1.31. The third-order valence-corrected chi connectivity index (χ3v) is 5.09. The molecule has 18 heavy (non-hydrogen) atoms. The monoisotopic (exact) mass is 251 g/mol. The minimum Gasteiger partial charge on any atom is -0.462 e. The van der Waals surface area contributed by atoms with E-state index >= 15 is 0 Å². The Kier molecular flexibility index (Phi) is 2.22. The Labute approximate surface area is 105 Å². The molecule has 0 aromatic rings. The summed E-state index contributed by atoms with van der Waals surface area (Å²) in [7, 11) is 0. The van der Waals surface area contributed by atoms with E-state index in [0.717, 1.165) is 12.8 Å². The summed E-state index contributed by atoms with van der Waals surface area (Å²) in [6.07, 6.45) is 2.01. The molecule has 2 aliphatic heterocycles. The zero-order valence-electron chi connectivity index (χ0n) is 10.2. The van der Waals surface area contributed by atoms with Crippen molar-refractivity contribution in [3.63, 3.8) is 0 Å². The average molecular weight is 251 g/mol. The number of carbonyl (C=O) groups excluding carboxylic acids is 2. The smallest absolute Gasteiger partial charge is 0.310 e. The van der Waals surface area contributed by atoms with Gasteiger partial charge in [-0.3, -0.25) is 9.59 Å². The molecule has 2 saturated heterocycles. The van der Waals surface area contributed by atoms with Gasteiger partial charge >= 0.3 is 5.97 Å². The predicted molar refractivity (Wildman–Crippen MR) is 60.5 cm³/mol. The lowest BCUT2D eigenvalue weighted by molar-refractivity contribution is -0.149. The summed E-state index contributed by atoms with van der Waals surface area (Å²) >= 11 is 0. The maximum absolute atomic E-state index is 12.6. The molecule has 5 nitrogen and oxygen atoms in total. The molecule has 2 saturated carbocycles. The number of carbonyl (C=O) groups is 2. The fourth-order valence-electron chi connectivity index (χ4n) is 4.34. The highest BCUT2D eigenvalue weighted by molar-refractivity contribution is 5.88. The Morgan fingerprint density at radius 1 is 1.22 bits per heavy atom. The zero-order valence-corrected chi connectivity index (χ0v) is 10.2. The predicted octanol–water partition coefficient (Wildman–Crippen LogP) is 0.0428. The molecule has 2 bridgehead atoms. The van der Waals surface area contributed by atoms with Gasteiger partial charge in [0, 0.05) is 19.0 Å². The number of rotatable bonds is 1. The van der Waals surface area contributed by atoms with Crippen molar-refractivity contribution in [1.29, 1.82) is 0 Å². The van der Waals surface area contributed by atoms with E-state index in [-0.39, 0.29) is 29.8 Å². The molecule has 5 atom stereocenters. The van der Waals surface area contributed by atoms with E-state index in [9.17, 15) is 9.59 Å². The maximum Gasteiger partial charge on any atom is 0.310 e. The summed E-state index contributed by atoms with van der Waals surface area (Å²) in [5, 5.41) is 0. The molecular formula is C13H17NO4. The molecular weight excluding hydrogens is 234 g/mol. The summed E-state index contributed by atoms with van der Waals surface area (Å²) in [6, 6.07) is 0. The van der Waals surface area contributed by atoms with Crippen LogP contribution < -0.4 is 0 Å². The first-order valence-electron chi connectivity index (χ1n) is 6.83. The van der Waals surface area contributed by atoms with E-state index in [1.807, 2.05) is 4.90 Å². The van der Waals surface area contributed by atoms with Crippen LogP contribution in [-0.4, -0.2) is 49.2 Å². The molecule has 0 radical (unpaired) electrons. The molecule has 5 heteroatoms. The molecule has 5 unspecified atom stereocenters. The van der Waals surface area contributed by atoms with Gasteiger partial charge in [0.1, 0.15) is 6.10 Å². The van der Waals surface area contributed by atoms with Crippen LogP contribution in [0.3, 0.4) is 0 Å². The molecule has 2 aliphatic carbocycles. The van der Waals surface area contributed by atoms with Gasteiger partial charge in [0.2, 0.25) is 5.91 Å². The first-order valence-corrected chi connectivity index (χ1v) is 6.83. The van der Waals surface area contributed by atoms with Gasteiger partial charge in [-0.2, -0.15) is 0 Å². The molecule has 98 valence electrons. The Hall–Kier alpha value is -1.10. The van der Waals surface area contributed by atoms with Crippen LogP contribution in [-0.2, 0) is 19.1 Å². The van der Waals surface area contributed by atoms with Crippen molar-refractivity contribution >= 4 is 11.9 Å². The molecule has 1 amide bonds. The fourth-order valence-corrected chi connectivity index (χ4v) is 4.34. The van der Waals surface area contributed by atoms with E-state index in [4.69, 9.17) is 9.47 Å². The summed E-state index contributed by atoms with van der Waals surface area (Å²) in [5.74, 6) is 0.456. The van der Waals surface area contributed by atoms with Crippen LogP contribution in [0.5, 0.6) is 0 Å². The van der Waals surface area contributed by atoms with E-state index in [1.54, 1.807) is 0 Å². The van der Waals surface area contributed by atoms with Crippen LogP contribution in [0.15, 0.2) is 0 Å². The Balaban J connectivity index is 1.57. The highest BCUT2D eigenvalue weighted by Crippen LogP contribution is 2.58. The highest BCUT2D eigenvalue weighted by Gasteiger charge is 2.64. The lowest BCUT2D eigenvalue weighted by atomic mass is 9.79. The zero-order chi connectivity index (χ0) is 12.3. The van der Waals surface area contributed by atoms with Crippen molar-refractivity contribution in [2.45, 2.75) is 18.9 Å².